The van der Waals surface area contributed by atoms with Gasteiger partial charge < -0.3 is 10.2 Å². The van der Waals surface area contributed by atoms with Gasteiger partial charge >= 0.3 is 0 Å². The van der Waals surface area contributed by atoms with Crippen molar-refractivity contribution in [3.05, 3.63) is 35.1 Å². The summed E-state index contributed by atoms with van der Waals surface area (Å²) in [5.41, 5.74) is 2.23. The van der Waals surface area contributed by atoms with Gasteiger partial charge in [-0.25, -0.2) is 4.39 Å². The Morgan fingerprint density at radius 2 is 2.06 bits per heavy atom. The van der Waals surface area contributed by atoms with Crippen LogP contribution in [-0.2, 0) is 6.54 Å². The number of halogens is 1. The lowest BCUT2D eigenvalue weighted by Crippen LogP contribution is -2.40. The Labute approximate surface area is 103 Å². The molecular weight excluding hydrogens is 215 g/mol. The van der Waals surface area contributed by atoms with Crippen LogP contribution in [0.3, 0.4) is 0 Å². The molecule has 1 aliphatic heterocycles. The van der Waals surface area contributed by atoms with Crippen LogP contribution in [0, 0.1) is 12.7 Å². The van der Waals surface area contributed by atoms with Crippen LogP contribution >= 0.6 is 0 Å². The van der Waals surface area contributed by atoms with Crippen LogP contribution < -0.4 is 5.32 Å². The van der Waals surface area contributed by atoms with Crippen molar-refractivity contribution in [2.24, 2.45) is 0 Å². The average Bonchev–Trinajstić information content (AvgIpc) is 2.32. The van der Waals surface area contributed by atoms with E-state index in [0.29, 0.717) is 6.04 Å². The second kappa shape index (κ2) is 5.61. The molecule has 1 saturated heterocycles. The van der Waals surface area contributed by atoms with Crippen molar-refractivity contribution < 1.29 is 4.39 Å². The second-order valence-corrected chi connectivity index (χ2v) is 5.03. The lowest BCUT2D eigenvalue weighted by Gasteiger charge is -2.29. The first kappa shape index (κ1) is 12.5. The predicted molar refractivity (Wildman–Crippen MR) is 68.5 cm³/mol. The fourth-order valence-electron chi connectivity index (χ4n) is 2.30. The van der Waals surface area contributed by atoms with Gasteiger partial charge in [-0.2, -0.15) is 0 Å². The van der Waals surface area contributed by atoms with Crippen molar-refractivity contribution in [1.29, 1.82) is 0 Å². The number of aryl methyl sites for hydroxylation is 1. The topological polar surface area (TPSA) is 15.3 Å². The number of rotatable bonds is 3. The van der Waals surface area contributed by atoms with Crippen LogP contribution in [0.2, 0.25) is 0 Å². The van der Waals surface area contributed by atoms with Crippen molar-refractivity contribution in [3.63, 3.8) is 0 Å². The van der Waals surface area contributed by atoms with Crippen molar-refractivity contribution in [2.45, 2.75) is 32.4 Å². The van der Waals surface area contributed by atoms with Crippen LogP contribution in [0.15, 0.2) is 18.2 Å². The molecule has 1 N–H and O–H groups in total. The van der Waals surface area contributed by atoms with Gasteiger partial charge in [-0.15, -0.1) is 0 Å². The fraction of sp³-hybridized carbons (Fsp3) is 0.571. The zero-order valence-corrected chi connectivity index (χ0v) is 10.7. The van der Waals surface area contributed by atoms with E-state index < -0.39 is 0 Å². The maximum atomic E-state index is 13.1. The first-order valence-electron chi connectivity index (χ1n) is 6.32. The zero-order valence-electron chi connectivity index (χ0n) is 10.7. The monoisotopic (exact) mass is 236 g/mol. The van der Waals surface area contributed by atoms with Crippen molar-refractivity contribution in [1.82, 2.24) is 10.2 Å². The molecule has 1 fully saturated rings. The summed E-state index contributed by atoms with van der Waals surface area (Å²) in [5.74, 6) is -0.143. The highest BCUT2D eigenvalue weighted by Gasteiger charge is 2.15. The average molecular weight is 236 g/mol. The third-order valence-electron chi connectivity index (χ3n) is 3.61. The molecule has 0 amide bonds. The van der Waals surface area contributed by atoms with Crippen molar-refractivity contribution in [2.75, 3.05) is 20.1 Å². The van der Waals surface area contributed by atoms with Crippen LogP contribution in [0.1, 0.15) is 24.0 Å². The summed E-state index contributed by atoms with van der Waals surface area (Å²) in [6.07, 6.45) is 2.37. The molecule has 94 valence electrons. The van der Waals surface area contributed by atoms with Crippen LogP contribution in [-0.4, -0.2) is 31.1 Å². The molecule has 3 heteroatoms. The van der Waals surface area contributed by atoms with Gasteiger partial charge in [0, 0.05) is 12.6 Å². The first-order chi connectivity index (χ1) is 8.15. The quantitative estimate of drug-likeness (QED) is 0.866. The summed E-state index contributed by atoms with van der Waals surface area (Å²) in [4.78, 5) is 2.35. The minimum absolute atomic E-state index is 0.143. The molecule has 0 spiro atoms. The molecule has 2 rings (SSSR count). The molecular formula is C14H21FN2. The molecule has 0 unspecified atom stereocenters. The molecule has 0 aromatic heterocycles. The minimum atomic E-state index is -0.143. The Bertz CT molecular complexity index is 370. The Balaban J connectivity index is 1.87. The first-order valence-corrected chi connectivity index (χ1v) is 6.32. The molecule has 1 aromatic carbocycles. The zero-order chi connectivity index (χ0) is 12.3. The van der Waals surface area contributed by atoms with Crippen LogP contribution in [0.5, 0.6) is 0 Å². The van der Waals surface area contributed by atoms with E-state index in [-0.39, 0.29) is 5.82 Å². The van der Waals surface area contributed by atoms with Gasteiger partial charge in [0.1, 0.15) is 5.82 Å². The van der Waals surface area contributed by atoms with Gasteiger partial charge in [-0.3, -0.25) is 0 Å². The summed E-state index contributed by atoms with van der Waals surface area (Å²) in [7, 11) is 2.16. The number of hydrogen-bond acceptors (Lipinski definition) is 2. The van der Waals surface area contributed by atoms with E-state index in [1.54, 1.807) is 6.07 Å². The van der Waals surface area contributed by atoms with Gasteiger partial charge in [0.15, 0.2) is 0 Å². The van der Waals surface area contributed by atoms with E-state index >= 15 is 0 Å². The molecule has 1 aliphatic rings. The Kier molecular flexibility index (Phi) is 4.13. The molecule has 1 heterocycles. The highest BCUT2D eigenvalue weighted by atomic mass is 19.1. The number of nitrogens with one attached hydrogen (secondary N) is 1. The molecule has 0 atom stereocenters. The molecule has 0 aliphatic carbocycles. The summed E-state index contributed by atoms with van der Waals surface area (Å²) < 4.78 is 13.1. The largest absolute Gasteiger partial charge is 0.310 e. The number of benzene rings is 1. The number of hydrogen-bond donors (Lipinski definition) is 1. The Morgan fingerprint density at radius 1 is 1.35 bits per heavy atom. The summed E-state index contributed by atoms with van der Waals surface area (Å²) >= 11 is 0. The van der Waals surface area contributed by atoms with Gasteiger partial charge in [0.05, 0.1) is 0 Å². The van der Waals surface area contributed by atoms with E-state index in [1.165, 1.54) is 18.9 Å². The van der Waals surface area contributed by atoms with Crippen LogP contribution in [0.4, 0.5) is 4.39 Å². The second-order valence-electron chi connectivity index (χ2n) is 5.03. The van der Waals surface area contributed by atoms with E-state index in [2.05, 4.69) is 17.3 Å². The van der Waals surface area contributed by atoms with Crippen LogP contribution in [0.25, 0.3) is 0 Å². The SMILES string of the molecule is Cc1ccc(F)cc1CNC1CCN(C)CC1. The van der Waals surface area contributed by atoms with Gasteiger partial charge in [0.25, 0.3) is 0 Å². The highest BCUT2D eigenvalue weighted by Crippen LogP contribution is 2.13. The molecule has 17 heavy (non-hydrogen) atoms. The van der Waals surface area contributed by atoms with E-state index in [1.807, 2.05) is 13.0 Å². The molecule has 0 saturated carbocycles. The van der Waals surface area contributed by atoms with Gasteiger partial charge in [0.2, 0.25) is 0 Å². The summed E-state index contributed by atoms with van der Waals surface area (Å²) in [5, 5.41) is 3.53. The molecule has 2 nitrogen and oxygen atoms in total. The van der Waals surface area contributed by atoms with Gasteiger partial charge in [-0.1, -0.05) is 6.07 Å². The third-order valence-corrected chi connectivity index (χ3v) is 3.61. The van der Waals surface area contributed by atoms with Crippen molar-refractivity contribution in [3.8, 4) is 0 Å². The Hall–Kier alpha value is -0.930. The normalized spacial score (nSPS) is 18.5. The lowest BCUT2D eigenvalue weighted by atomic mass is 10.0. The smallest absolute Gasteiger partial charge is 0.123 e. The fourth-order valence-corrected chi connectivity index (χ4v) is 2.30. The number of piperidine rings is 1. The maximum Gasteiger partial charge on any atom is 0.123 e. The minimum Gasteiger partial charge on any atom is -0.310 e. The summed E-state index contributed by atoms with van der Waals surface area (Å²) in [6, 6.07) is 5.58. The Morgan fingerprint density at radius 3 is 2.76 bits per heavy atom. The third kappa shape index (κ3) is 3.51. The van der Waals surface area contributed by atoms with E-state index in [4.69, 9.17) is 0 Å². The molecule has 1 aromatic rings. The predicted octanol–water partition coefficient (Wildman–Crippen LogP) is 2.32. The highest BCUT2D eigenvalue weighted by molar-refractivity contribution is 5.26. The molecule has 0 bridgehead atoms. The van der Waals surface area contributed by atoms with E-state index in [0.717, 1.165) is 30.8 Å². The number of nitrogens with zero attached hydrogens (tertiary/aromatic N) is 1. The number of likely N-dealkylation sites (tertiary alicyclic amines) is 1. The lowest BCUT2D eigenvalue weighted by molar-refractivity contribution is 0.234. The maximum absolute atomic E-state index is 13.1. The van der Waals surface area contributed by atoms with Gasteiger partial charge in [-0.05, 0) is 63.2 Å². The standard InChI is InChI=1S/C14H21FN2/c1-11-3-4-13(15)9-12(11)10-16-14-5-7-17(2)8-6-14/h3-4,9,14,16H,5-8,10H2,1-2H3. The summed E-state index contributed by atoms with van der Waals surface area (Å²) in [6.45, 7) is 5.11. The molecule has 0 radical (unpaired) electrons. The van der Waals surface area contributed by atoms with E-state index in [9.17, 15) is 4.39 Å². The van der Waals surface area contributed by atoms with Crippen molar-refractivity contribution >= 4 is 0 Å².